The van der Waals surface area contributed by atoms with E-state index in [9.17, 15) is 0 Å². The van der Waals surface area contributed by atoms with Crippen molar-refractivity contribution in [3.05, 3.63) is 101 Å². The molecular weight excluding hydrogens is 518 g/mol. The van der Waals surface area contributed by atoms with Gasteiger partial charge in [0.25, 0.3) is 0 Å². The first kappa shape index (κ1) is 27.3. The fraction of sp³-hybridized carbons (Fsp3) is 0.206. The van der Waals surface area contributed by atoms with Gasteiger partial charge in [-0.1, -0.05) is 36.4 Å². The van der Waals surface area contributed by atoms with Gasteiger partial charge in [-0.3, -0.25) is 0 Å². The Kier molecular flexibility index (Phi) is 8.67. The van der Waals surface area contributed by atoms with Crippen molar-refractivity contribution in [2.45, 2.75) is 20.3 Å². The van der Waals surface area contributed by atoms with E-state index in [1.165, 1.54) is 10.3 Å². The highest BCUT2D eigenvalue weighted by Gasteiger charge is 2.08. The number of fused-ring (bicyclic) bond motifs is 1. The predicted molar refractivity (Wildman–Crippen MR) is 165 cm³/mol. The first-order valence-corrected chi connectivity index (χ1v) is 14.1. The summed E-state index contributed by atoms with van der Waals surface area (Å²) < 4.78 is 24.2. The summed E-state index contributed by atoms with van der Waals surface area (Å²) in [4.78, 5) is 4.73. The maximum atomic E-state index is 6.07. The lowest BCUT2D eigenvalue weighted by Crippen LogP contribution is -2.05. The maximum absolute atomic E-state index is 6.07. The fourth-order valence-corrected chi connectivity index (χ4v) is 5.36. The molecule has 0 amide bonds. The highest BCUT2D eigenvalue weighted by molar-refractivity contribution is 7.21. The van der Waals surface area contributed by atoms with E-state index in [0.29, 0.717) is 24.7 Å². The molecule has 4 aromatic carbocycles. The van der Waals surface area contributed by atoms with Crippen LogP contribution in [-0.2, 0) is 0 Å². The summed E-state index contributed by atoms with van der Waals surface area (Å²) in [5.74, 6) is 3.14. The van der Waals surface area contributed by atoms with Gasteiger partial charge >= 0.3 is 0 Å². The number of aryl methyl sites for hydroxylation is 1. The SMILES string of the molecule is COc1ccc(/C=C\c2cc(C)c(C)c(OC)c2)cc1OCCCOc1ccc(-c2nc3ccccc3s2)cc1. The van der Waals surface area contributed by atoms with Crippen LogP contribution in [0.4, 0.5) is 0 Å². The molecule has 0 aliphatic rings. The molecule has 1 heterocycles. The largest absolute Gasteiger partial charge is 0.496 e. The monoisotopic (exact) mass is 551 g/mol. The zero-order valence-electron chi connectivity index (χ0n) is 23.3. The zero-order valence-corrected chi connectivity index (χ0v) is 24.1. The number of aromatic nitrogens is 1. The Balaban J connectivity index is 1.14. The first-order valence-electron chi connectivity index (χ1n) is 13.3. The molecule has 1 aromatic heterocycles. The van der Waals surface area contributed by atoms with Crippen molar-refractivity contribution in [3.63, 3.8) is 0 Å². The van der Waals surface area contributed by atoms with Gasteiger partial charge in [-0.05, 0) is 90.7 Å². The number of para-hydroxylation sites is 1. The van der Waals surface area contributed by atoms with Gasteiger partial charge < -0.3 is 18.9 Å². The van der Waals surface area contributed by atoms with Crippen molar-refractivity contribution in [1.82, 2.24) is 4.98 Å². The number of nitrogens with zero attached hydrogens (tertiary/aromatic N) is 1. The van der Waals surface area contributed by atoms with Crippen LogP contribution < -0.4 is 18.9 Å². The van der Waals surface area contributed by atoms with E-state index in [-0.39, 0.29) is 0 Å². The highest BCUT2D eigenvalue weighted by Crippen LogP contribution is 2.32. The van der Waals surface area contributed by atoms with Crippen LogP contribution in [0, 0.1) is 13.8 Å². The smallest absolute Gasteiger partial charge is 0.161 e. The molecule has 40 heavy (non-hydrogen) atoms. The third-order valence-electron chi connectivity index (χ3n) is 6.73. The Bertz CT molecular complexity index is 1590. The standard InChI is InChI=1S/C34H33NO4S/c1-23-20-26(22-31(37-4)24(23)2)11-10-25-12-17-30(36-3)32(21-25)39-19-7-18-38-28-15-13-27(14-16-28)34-35-29-8-5-6-9-33(29)40-34/h5-6,8-17,20-22H,7,18-19H2,1-4H3/b11-10-. The molecule has 0 spiro atoms. The van der Waals surface area contributed by atoms with Gasteiger partial charge in [-0.25, -0.2) is 4.98 Å². The number of methoxy groups -OCH3 is 2. The van der Waals surface area contributed by atoms with Crippen LogP contribution in [0.1, 0.15) is 28.7 Å². The van der Waals surface area contributed by atoms with Crippen molar-refractivity contribution in [2.75, 3.05) is 27.4 Å². The molecule has 5 rings (SSSR count). The van der Waals surface area contributed by atoms with Gasteiger partial charge in [0.1, 0.15) is 16.5 Å². The molecule has 0 unspecified atom stereocenters. The second-order valence-corrected chi connectivity index (χ2v) is 10.5. The average molecular weight is 552 g/mol. The number of benzene rings is 4. The second-order valence-electron chi connectivity index (χ2n) is 9.47. The summed E-state index contributed by atoms with van der Waals surface area (Å²) in [5.41, 5.74) is 6.59. The number of hydrogen-bond acceptors (Lipinski definition) is 6. The van der Waals surface area contributed by atoms with Crippen molar-refractivity contribution < 1.29 is 18.9 Å². The molecule has 0 saturated carbocycles. The Labute approximate surface area is 239 Å². The van der Waals surface area contributed by atoms with Crippen LogP contribution in [0.3, 0.4) is 0 Å². The molecule has 5 aromatic rings. The molecule has 0 aliphatic carbocycles. The Morgan fingerprint density at radius 2 is 1.45 bits per heavy atom. The van der Waals surface area contributed by atoms with Crippen LogP contribution >= 0.6 is 11.3 Å². The van der Waals surface area contributed by atoms with Gasteiger partial charge in [0.2, 0.25) is 0 Å². The van der Waals surface area contributed by atoms with E-state index in [4.69, 9.17) is 23.9 Å². The Hall–Kier alpha value is -4.29. The number of ether oxygens (including phenoxy) is 4. The fourth-order valence-electron chi connectivity index (χ4n) is 4.38. The van der Waals surface area contributed by atoms with Crippen LogP contribution in [-0.4, -0.2) is 32.4 Å². The summed E-state index contributed by atoms with van der Waals surface area (Å²) >= 11 is 1.70. The molecule has 0 fully saturated rings. The van der Waals surface area contributed by atoms with Crippen molar-refractivity contribution >= 4 is 33.7 Å². The minimum absolute atomic E-state index is 0.516. The minimum atomic E-state index is 0.516. The van der Waals surface area contributed by atoms with Crippen molar-refractivity contribution in [2.24, 2.45) is 0 Å². The minimum Gasteiger partial charge on any atom is -0.496 e. The van der Waals surface area contributed by atoms with E-state index >= 15 is 0 Å². The van der Waals surface area contributed by atoms with E-state index in [1.807, 2.05) is 54.6 Å². The summed E-state index contributed by atoms with van der Waals surface area (Å²) in [6, 6.07) is 26.4. The lowest BCUT2D eigenvalue weighted by molar-refractivity contribution is 0.240. The molecule has 0 aliphatic heterocycles. The lowest BCUT2D eigenvalue weighted by atomic mass is 10.0. The number of hydrogen-bond donors (Lipinski definition) is 0. The molecule has 204 valence electrons. The topological polar surface area (TPSA) is 49.8 Å². The zero-order chi connectivity index (χ0) is 27.9. The van der Waals surface area contributed by atoms with Crippen molar-refractivity contribution in [1.29, 1.82) is 0 Å². The van der Waals surface area contributed by atoms with Crippen LogP contribution in [0.15, 0.2) is 78.9 Å². The molecule has 0 atom stereocenters. The second kappa shape index (κ2) is 12.7. The van der Waals surface area contributed by atoms with Crippen molar-refractivity contribution in [3.8, 4) is 33.6 Å². The molecule has 6 heteroatoms. The summed E-state index contributed by atoms with van der Waals surface area (Å²) in [6.45, 7) is 5.23. The normalized spacial score (nSPS) is 11.2. The van der Waals surface area contributed by atoms with Gasteiger partial charge in [0.15, 0.2) is 11.5 Å². The molecule has 5 nitrogen and oxygen atoms in total. The average Bonchev–Trinajstić information content (AvgIpc) is 3.42. The third-order valence-corrected chi connectivity index (χ3v) is 7.81. The van der Waals surface area contributed by atoms with E-state index in [1.54, 1.807) is 25.6 Å². The van der Waals surface area contributed by atoms with Crippen LogP contribution in [0.25, 0.3) is 32.9 Å². The van der Waals surface area contributed by atoms with Gasteiger partial charge in [-0.2, -0.15) is 0 Å². The van der Waals surface area contributed by atoms with Gasteiger partial charge in [0, 0.05) is 12.0 Å². The summed E-state index contributed by atoms with van der Waals surface area (Å²) in [7, 11) is 3.36. The van der Waals surface area contributed by atoms with Crippen LogP contribution in [0.2, 0.25) is 0 Å². The van der Waals surface area contributed by atoms with Crippen LogP contribution in [0.5, 0.6) is 23.0 Å². The summed E-state index contributed by atoms with van der Waals surface area (Å²) in [6.07, 6.45) is 4.89. The molecule has 0 radical (unpaired) electrons. The highest BCUT2D eigenvalue weighted by atomic mass is 32.1. The van der Waals surface area contributed by atoms with Gasteiger partial charge in [-0.15, -0.1) is 11.3 Å². The van der Waals surface area contributed by atoms with E-state index < -0.39 is 0 Å². The van der Waals surface area contributed by atoms with E-state index in [2.05, 4.69) is 50.3 Å². The van der Waals surface area contributed by atoms with Gasteiger partial charge in [0.05, 0.1) is 37.6 Å². The maximum Gasteiger partial charge on any atom is 0.161 e. The van der Waals surface area contributed by atoms with E-state index in [0.717, 1.165) is 50.7 Å². The number of rotatable bonds is 11. The lowest BCUT2D eigenvalue weighted by Gasteiger charge is -2.12. The first-order chi connectivity index (χ1) is 19.5. The quantitative estimate of drug-likeness (QED) is 0.121. The molecule has 0 bridgehead atoms. The molecular formula is C34H33NO4S. The molecule has 0 saturated heterocycles. The molecule has 0 N–H and O–H groups in total. The Morgan fingerprint density at radius 3 is 2.23 bits per heavy atom. The summed E-state index contributed by atoms with van der Waals surface area (Å²) in [5, 5.41) is 1.01. The predicted octanol–water partition coefficient (Wildman–Crippen LogP) is 8.62. The number of thiazole rings is 1. The Morgan fingerprint density at radius 1 is 0.725 bits per heavy atom. The third kappa shape index (κ3) is 6.46.